The van der Waals surface area contributed by atoms with Gasteiger partial charge in [-0.1, -0.05) is 12.1 Å². The summed E-state index contributed by atoms with van der Waals surface area (Å²) in [7, 11) is 3.24. The standard InChI is InChI=1S/C15H18N2O4/c1-10(15(21)17(2)3)16-14(20)12-7-4-11(5-8-12)6-9-13(18)19/h4-10H,1-3H3,(H,16,20)(H,18,19). The molecular weight excluding hydrogens is 272 g/mol. The van der Waals surface area contributed by atoms with Crippen molar-refractivity contribution >= 4 is 23.9 Å². The quantitative estimate of drug-likeness (QED) is 0.792. The Bertz CT molecular complexity index is 562. The molecule has 6 nitrogen and oxygen atoms in total. The van der Waals surface area contributed by atoms with Crippen molar-refractivity contribution < 1.29 is 19.5 Å². The molecule has 2 amide bonds. The summed E-state index contributed by atoms with van der Waals surface area (Å²) in [6.45, 7) is 1.62. The highest BCUT2D eigenvalue weighted by Crippen LogP contribution is 2.07. The van der Waals surface area contributed by atoms with Gasteiger partial charge in [-0.3, -0.25) is 9.59 Å². The van der Waals surface area contributed by atoms with Crippen molar-refractivity contribution in [2.75, 3.05) is 14.1 Å². The maximum atomic E-state index is 12.0. The van der Waals surface area contributed by atoms with Gasteiger partial charge >= 0.3 is 5.97 Å². The van der Waals surface area contributed by atoms with Gasteiger partial charge in [-0.25, -0.2) is 4.79 Å². The van der Waals surface area contributed by atoms with Gasteiger partial charge in [0.15, 0.2) is 0 Å². The van der Waals surface area contributed by atoms with Crippen LogP contribution in [0.4, 0.5) is 0 Å². The molecule has 0 saturated heterocycles. The van der Waals surface area contributed by atoms with E-state index in [1.165, 1.54) is 11.0 Å². The van der Waals surface area contributed by atoms with E-state index in [9.17, 15) is 14.4 Å². The number of carboxylic acids is 1. The maximum absolute atomic E-state index is 12.0. The smallest absolute Gasteiger partial charge is 0.328 e. The molecule has 1 rings (SSSR count). The van der Waals surface area contributed by atoms with Crippen molar-refractivity contribution in [1.82, 2.24) is 10.2 Å². The van der Waals surface area contributed by atoms with E-state index in [1.807, 2.05) is 0 Å². The minimum atomic E-state index is -1.03. The van der Waals surface area contributed by atoms with Crippen LogP contribution in [0.1, 0.15) is 22.8 Å². The maximum Gasteiger partial charge on any atom is 0.328 e. The molecule has 112 valence electrons. The monoisotopic (exact) mass is 290 g/mol. The number of nitrogens with one attached hydrogen (secondary N) is 1. The first-order valence-electron chi connectivity index (χ1n) is 6.34. The number of aliphatic carboxylic acids is 1. The number of carboxylic acid groups (broad SMARTS) is 1. The zero-order chi connectivity index (χ0) is 16.0. The molecule has 0 heterocycles. The summed E-state index contributed by atoms with van der Waals surface area (Å²) in [6.07, 6.45) is 2.45. The molecule has 0 bridgehead atoms. The zero-order valence-electron chi connectivity index (χ0n) is 12.2. The largest absolute Gasteiger partial charge is 0.478 e. The lowest BCUT2D eigenvalue weighted by molar-refractivity contribution is -0.131. The molecule has 1 aromatic carbocycles. The van der Waals surface area contributed by atoms with Crippen molar-refractivity contribution in [3.8, 4) is 0 Å². The van der Waals surface area contributed by atoms with E-state index in [4.69, 9.17) is 5.11 Å². The van der Waals surface area contributed by atoms with Gasteiger partial charge in [0, 0.05) is 25.7 Å². The lowest BCUT2D eigenvalue weighted by Gasteiger charge is -2.18. The number of hydrogen-bond acceptors (Lipinski definition) is 3. The van der Waals surface area contributed by atoms with Crippen LogP contribution in [0, 0.1) is 0 Å². The van der Waals surface area contributed by atoms with Gasteiger partial charge < -0.3 is 15.3 Å². The lowest BCUT2D eigenvalue weighted by Crippen LogP contribution is -2.44. The van der Waals surface area contributed by atoms with Crippen LogP contribution in [0.2, 0.25) is 0 Å². The Morgan fingerprint density at radius 1 is 1.19 bits per heavy atom. The summed E-state index contributed by atoms with van der Waals surface area (Å²) in [6, 6.07) is 5.80. The molecule has 0 fully saturated rings. The van der Waals surface area contributed by atoms with E-state index in [2.05, 4.69) is 5.32 Å². The Balaban J connectivity index is 2.71. The van der Waals surface area contributed by atoms with Crippen LogP contribution in [-0.4, -0.2) is 47.9 Å². The molecule has 0 aromatic heterocycles. The molecule has 6 heteroatoms. The van der Waals surface area contributed by atoms with Crippen molar-refractivity contribution in [1.29, 1.82) is 0 Å². The topological polar surface area (TPSA) is 86.7 Å². The number of likely N-dealkylation sites (N-methyl/N-ethyl adjacent to an activating group) is 1. The van der Waals surface area contributed by atoms with Gasteiger partial charge in [0.25, 0.3) is 5.91 Å². The van der Waals surface area contributed by atoms with Gasteiger partial charge in [0.2, 0.25) is 5.91 Å². The predicted molar refractivity (Wildman–Crippen MR) is 78.7 cm³/mol. The Kier molecular flexibility index (Phi) is 5.66. The fourth-order valence-corrected chi connectivity index (χ4v) is 1.64. The van der Waals surface area contributed by atoms with Gasteiger partial charge in [-0.05, 0) is 30.7 Å². The molecule has 0 aliphatic rings. The average molecular weight is 290 g/mol. The molecule has 1 aromatic rings. The molecule has 21 heavy (non-hydrogen) atoms. The molecule has 0 aliphatic heterocycles. The number of amides is 2. The molecule has 0 saturated carbocycles. The van der Waals surface area contributed by atoms with Crippen LogP contribution in [0.25, 0.3) is 6.08 Å². The van der Waals surface area contributed by atoms with Crippen LogP contribution in [0.3, 0.4) is 0 Å². The predicted octanol–water partition coefficient (Wildman–Crippen LogP) is 0.991. The first kappa shape index (κ1) is 16.4. The van der Waals surface area contributed by atoms with E-state index in [0.29, 0.717) is 11.1 Å². The molecule has 0 spiro atoms. The Hall–Kier alpha value is -2.63. The normalized spacial score (nSPS) is 12.0. The number of benzene rings is 1. The number of rotatable bonds is 5. The summed E-state index contributed by atoms with van der Waals surface area (Å²) < 4.78 is 0. The van der Waals surface area contributed by atoms with Crippen molar-refractivity contribution in [2.24, 2.45) is 0 Å². The van der Waals surface area contributed by atoms with Crippen LogP contribution >= 0.6 is 0 Å². The number of carbonyl (C=O) groups is 3. The SMILES string of the molecule is CC(NC(=O)c1ccc(C=CC(=O)O)cc1)C(=O)N(C)C. The first-order chi connectivity index (χ1) is 9.81. The highest BCUT2D eigenvalue weighted by Gasteiger charge is 2.17. The summed E-state index contributed by atoms with van der Waals surface area (Å²) in [5.41, 5.74) is 1.08. The van der Waals surface area contributed by atoms with E-state index in [1.54, 1.807) is 45.3 Å². The number of hydrogen-bond donors (Lipinski definition) is 2. The van der Waals surface area contributed by atoms with Crippen molar-refractivity contribution in [3.05, 3.63) is 41.5 Å². The Morgan fingerprint density at radius 3 is 2.24 bits per heavy atom. The van der Waals surface area contributed by atoms with Gasteiger partial charge in [0.05, 0.1) is 0 Å². The summed E-state index contributed by atoms with van der Waals surface area (Å²) in [4.78, 5) is 35.4. The average Bonchev–Trinajstić information content (AvgIpc) is 2.44. The second kappa shape index (κ2) is 7.23. The number of nitrogens with zero attached hydrogens (tertiary/aromatic N) is 1. The molecule has 0 radical (unpaired) electrons. The molecule has 1 unspecified atom stereocenters. The number of carbonyl (C=O) groups excluding carboxylic acids is 2. The molecule has 0 aliphatic carbocycles. The summed E-state index contributed by atoms with van der Waals surface area (Å²) in [5.74, 6) is -1.58. The first-order valence-corrected chi connectivity index (χ1v) is 6.34. The van der Waals surface area contributed by atoms with Gasteiger partial charge in [-0.2, -0.15) is 0 Å². The Morgan fingerprint density at radius 2 is 1.76 bits per heavy atom. The minimum Gasteiger partial charge on any atom is -0.478 e. The third-order valence-corrected chi connectivity index (χ3v) is 2.75. The second-order valence-corrected chi connectivity index (χ2v) is 4.72. The third-order valence-electron chi connectivity index (χ3n) is 2.75. The van der Waals surface area contributed by atoms with E-state index < -0.39 is 12.0 Å². The fourth-order valence-electron chi connectivity index (χ4n) is 1.64. The Labute approximate surface area is 123 Å². The van der Waals surface area contributed by atoms with Crippen LogP contribution in [0.15, 0.2) is 30.3 Å². The third kappa shape index (κ3) is 5.10. The van der Waals surface area contributed by atoms with E-state index >= 15 is 0 Å². The summed E-state index contributed by atoms with van der Waals surface area (Å²) >= 11 is 0. The van der Waals surface area contributed by atoms with Crippen molar-refractivity contribution in [3.63, 3.8) is 0 Å². The van der Waals surface area contributed by atoms with Crippen molar-refractivity contribution in [2.45, 2.75) is 13.0 Å². The highest BCUT2D eigenvalue weighted by atomic mass is 16.4. The molecular formula is C15H18N2O4. The van der Waals surface area contributed by atoms with E-state index in [-0.39, 0.29) is 11.8 Å². The zero-order valence-corrected chi connectivity index (χ0v) is 12.2. The van der Waals surface area contributed by atoms with Gasteiger partial charge in [-0.15, -0.1) is 0 Å². The van der Waals surface area contributed by atoms with Crippen LogP contribution in [0.5, 0.6) is 0 Å². The fraction of sp³-hybridized carbons (Fsp3) is 0.267. The second-order valence-electron chi connectivity index (χ2n) is 4.72. The van der Waals surface area contributed by atoms with E-state index in [0.717, 1.165) is 6.08 Å². The molecule has 1 atom stereocenters. The van der Waals surface area contributed by atoms with Crippen LogP contribution in [-0.2, 0) is 9.59 Å². The van der Waals surface area contributed by atoms with Gasteiger partial charge in [0.1, 0.15) is 6.04 Å². The lowest BCUT2D eigenvalue weighted by atomic mass is 10.1. The van der Waals surface area contributed by atoms with Crippen LogP contribution < -0.4 is 5.32 Å². The molecule has 2 N–H and O–H groups in total. The minimum absolute atomic E-state index is 0.190. The highest BCUT2D eigenvalue weighted by molar-refractivity contribution is 5.97. The summed E-state index contributed by atoms with van der Waals surface area (Å²) in [5, 5.41) is 11.1.